The summed E-state index contributed by atoms with van der Waals surface area (Å²) in [6, 6.07) is 6.52. The first-order valence-electron chi connectivity index (χ1n) is 8.29. The summed E-state index contributed by atoms with van der Waals surface area (Å²) < 4.78 is 2.27. The molecule has 6 nitrogen and oxygen atoms in total. The first kappa shape index (κ1) is 14.8. The minimum Gasteiger partial charge on any atom is -0.355 e. The van der Waals surface area contributed by atoms with Gasteiger partial charge < -0.3 is 9.47 Å². The van der Waals surface area contributed by atoms with E-state index >= 15 is 0 Å². The fourth-order valence-electron chi connectivity index (χ4n) is 3.30. The van der Waals surface area contributed by atoms with Crippen molar-refractivity contribution < 1.29 is 0 Å². The van der Waals surface area contributed by atoms with Crippen molar-refractivity contribution in [3.8, 4) is 11.5 Å². The van der Waals surface area contributed by atoms with Crippen molar-refractivity contribution in [2.75, 3.05) is 18.0 Å². The van der Waals surface area contributed by atoms with Crippen LogP contribution in [0.1, 0.15) is 24.6 Å². The Morgan fingerprint density at radius 2 is 1.92 bits per heavy atom. The number of aryl methyl sites for hydroxylation is 1. The standard InChI is InChI=1S/C18H20N6/c1-14-3-2-4-16(22-14)18-21-9-12-24(18)15-5-10-23(11-6-15)17-13-19-7-8-20-17/h2-4,7-9,12-13,15H,5-6,10-11H2,1H3. The van der Waals surface area contributed by atoms with Crippen molar-refractivity contribution in [3.05, 3.63) is 54.9 Å². The van der Waals surface area contributed by atoms with E-state index < -0.39 is 0 Å². The molecule has 0 spiro atoms. The zero-order chi connectivity index (χ0) is 16.4. The van der Waals surface area contributed by atoms with Crippen LogP contribution in [0.2, 0.25) is 0 Å². The molecule has 3 aromatic heterocycles. The molecule has 0 atom stereocenters. The average molecular weight is 320 g/mol. The molecule has 1 fully saturated rings. The second kappa shape index (κ2) is 6.39. The van der Waals surface area contributed by atoms with E-state index in [2.05, 4.69) is 35.6 Å². The van der Waals surface area contributed by atoms with Crippen LogP contribution in [0, 0.1) is 6.92 Å². The van der Waals surface area contributed by atoms with Gasteiger partial charge in [-0.1, -0.05) is 6.07 Å². The van der Waals surface area contributed by atoms with Crippen LogP contribution in [0.3, 0.4) is 0 Å². The Balaban J connectivity index is 1.52. The maximum Gasteiger partial charge on any atom is 0.158 e. The van der Waals surface area contributed by atoms with Gasteiger partial charge in [0.05, 0.1) is 6.20 Å². The van der Waals surface area contributed by atoms with E-state index in [1.165, 1.54) is 0 Å². The SMILES string of the molecule is Cc1cccc(-c2nccn2C2CCN(c3cnccn3)CC2)n1. The van der Waals surface area contributed by atoms with Gasteiger partial charge in [0.1, 0.15) is 11.5 Å². The fourth-order valence-corrected chi connectivity index (χ4v) is 3.30. The van der Waals surface area contributed by atoms with E-state index in [4.69, 9.17) is 0 Å². The summed E-state index contributed by atoms with van der Waals surface area (Å²) in [5.74, 6) is 1.92. The third-order valence-electron chi connectivity index (χ3n) is 4.52. The van der Waals surface area contributed by atoms with Crippen molar-refractivity contribution in [1.82, 2.24) is 24.5 Å². The summed E-state index contributed by atoms with van der Waals surface area (Å²) in [4.78, 5) is 20.0. The van der Waals surface area contributed by atoms with Crippen molar-refractivity contribution in [2.45, 2.75) is 25.8 Å². The van der Waals surface area contributed by atoms with Crippen molar-refractivity contribution in [1.29, 1.82) is 0 Å². The molecule has 0 aliphatic carbocycles. The lowest BCUT2D eigenvalue weighted by Crippen LogP contribution is -2.35. The molecular weight excluding hydrogens is 300 g/mol. The molecule has 0 unspecified atom stereocenters. The highest BCUT2D eigenvalue weighted by molar-refractivity contribution is 5.50. The third kappa shape index (κ3) is 2.87. The van der Waals surface area contributed by atoms with Gasteiger partial charge in [-0.3, -0.25) is 4.98 Å². The van der Waals surface area contributed by atoms with Crippen molar-refractivity contribution in [3.63, 3.8) is 0 Å². The molecule has 1 aliphatic heterocycles. The van der Waals surface area contributed by atoms with E-state index in [9.17, 15) is 0 Å². The summed E-state index contributed by atoms with van der Waals surface area (Å²) in [6.45, 7) is 3.96. The molecule has 0 radical (unpaired) electrons. The van der Waals surface area contributed by atoms with E-state index in [1.807, 2.05) is 37.5 Å². The molecule has 6 heteroatoms. The van der Waals surface area contributed by atoms with Gasteiger partial charge in [-0.2, -0.15) is 0 Å². The first-order chi connectivity index (χ1) is 11.8. The lowest BCUT2D eigenvalue weighted by molar-refractivity contribution is 0.397. The van der Waals surface area contributed by atoms with E-state index in [-0.39, 0.29) is 0 Å². The summed E-state index contributed by atoms with van der Waals surface area (Å²) >= 11 is 0. The van der Waals surface area contributed by atoms with Gasteiger partial charge in [0.15, 0.2) is 5.82 Å². The molecule has 1 saturated heterocycles. The van der Waals surface area contributed by atoms with Crippen molar-refractivity contribution >= 4 is 5.82 Å². The van der Waals surface area contributed by atoms with Gasteiger partial charge >= 0.3 is 0 Å². The molecule has 4 heterocycles. The quantitative estimate of drug-likeness (QED) is 0.742. The van der Waals surface area contributed by atoms with Gasteiger partial charge in [0.2, 0.25) is 0 Å². The maximum absolute atomic E-state index is 4.62. The largest absolute Gasteiger partial charge is 0.355 e. The molecule has 0 saturated carbocycles. The minimum atomic E-state index is 0.442. The zero-order valence-electron chi connectivity index (χ0n) is 13.7. The van der Waals surface area contributed by atoms with Crippen LogP contribution in [-0.2, 0) is 0 Å². The Labute approximate surface area is 141 Å². The van der Waals surface area contributed by atoms with E-state index in [0.29, 0.717) is 6.04 Å². The molecule has 0 amide bonds. The monoisotopic (exact) mass is 320 g/mol. The molecule has 4 rings (SSSR count). The van der Waals surface area contributed by atoms with Gasteiger partial charge in [-0.25, -0.2) is 15.0 Å². The Kier molecular flexibility index (Phi) is 3.94. The van der Waals surface area contributed by atoms with E-state index in [1.54, 1.807) is 12.4 Å². The summed E-state index contributed by atoms with van der Waals surface area (Å²) in [5.41, 5.74) is 1.95. The van der Waals surface area contributed by atoms with Crippen molar-refractivity contribution in [2.24, 2.45) is 0 Å². The molecule has 0 bridgehead atoms. The number of anilines is 1. The topological polar surface area (TPSA) is 59.7 Å². The fraction of sp³-hybridized carbons (Fsp3) is 0.333. The smallest absolute Gasteiger partial charge is 0.158 e. The number of hydrogen-bond donors (Lipinski definition) is 0. The van der Waals surface area contributed by atoms with Crippen LogP contribution >= 0.6 is 0 Å². The molecule has 3 aromatic rings. The predicted molar refractivity (Wildman–Crippen MR) is 92.7 cm³/mol. The van der Waals surface area contributed by atoms with Gasteiger partial charge in [0.25, 0.3) is 0 Å². The maximum atomic E-state index is 4.62. The lowest BCUT2D eigenvalue weighted by Gasteiger charge is -2.33. The van der Waals surface area contributed by atoms with Crippen LogP contribution in [0.15, 0.2) is 49.2 Å². The third-order valence-corrected chi connectivity index (χ3v) is 4.52. The van der Waals surface area contributed by atoms with Crippen LogP contribution in [0.25, 0.3) is 11.5 Å². The molecule has 0 N–H and O–H groups in total. The molecule has 0 aromatic carbocycles. The highest BCUT2D eigenvalue weighted by atomic mass is 15.2. The van der Waals surface area contributed by atoms with Gasteiger partial charge in [0, 0.05) is 49.6 Å². The summed E-state index contributed by atoms with van der Waals surface area (Å²) in [7, 11) is 0. The lowest BCUT2D eigenvalue weighted by atomic mass is 10.0. The van der Waals surface area contributed by atoms with Crippen LogP contribution < -0.4 is 4.90 Å². The number of imidazole rings is 1. The van der Waals surface area contributed by atoms with Crippen LogP contribution in [-0.4, -0.2) is 37.6 Å². The highest BCUT2D eigenvalue weighted by Gasteiger charge is 2.23. The number of rotatable bonds is 3. The zero-order valence-corrected chi connectivity index (χ0v) is 13.7. The molecular formula is C18H20N6. The molecule has 24 heavy (non-hydrogen) atoms. The van der Waals surface area contributed by atoms with Gasteiger partial charge in [-0.05, 0) is 31.9 Å². The summed E-state index contributed by atoms with van der Waals surface area (Å²) in [6.07, 6.45) is 11.4. The number of aromatic nitrogens is 5. The Morgan fingerprint density at radius 1 is 1.04 bits per heavy atom. The van der Waals surface area contributed by atoms with Crippen LogP contribution in [0.4, 0.5) is 5.82 Å². The number of nitrogens with zero attached hydrogens (tertiary/aromatic N) is 6. The van der Waals surface area contributed by atoms with Gasteiger partial charge in [-0.15, -0.1) is 0 Å². The highest BCUT2D eigenvalue weighted by Crippen LogP contribution is 2.28. The first-order valence-corrected chi connectivity index (χ1v) is 8.29. The number of hydrogen-bond acceptors (Lipinski definition) is 5. The Bertz CT molecular complexity index is 805. The Hall–Kier alpha value is -2.76. The summed E-state index contributed by atoms with van der Waals surface area (Å²) in [5, 5.41) is 0. The minimum absolute atomic E-state index is 0.442. The second-order valence-corrected chi connectivity index (χ2v) is 6.10. The van der Waals surface area contributed by atoms with Crippen LogP contribution in [0.5, 0.6) is 0 Å². The predicted octanol–water partition coefficient (Wildman–Crippen LogP) is 2.89. The average Bonchev–Trinajstić information content (AvgIpc) is 3.12. The number of pyridine rings is 1. The Morgan fingerprint density at radius 3 is 2.67 bits per heavy atom. The number of piperidine rings is 1. The normalized spacial score (nSPS) is 15.6. The molecule has 1 aliphatic rings. The second-order valence-electron chi connectivity index (χ2n) is 6.10. The molecule has 122 valence electrons. The van der Waals surface area contributed by atoms with E-state index in [0.717, 1.165) is 49.0 Å².